The summed E-state index contributed by atoms with van der Waals surface area (Å²) in [7, 11) is 1.76. The van der Waals surface area contributed by atoms with Crippen molar-refractivity contribution in [2.75, 3.05) is 11.9 Å². The van der Waals surface area contributed by atoms with E-state index in [-0.39, 0.29) is 5.91 Å². The Bertz CT molecular complexity index is 372. The number of amides is 1. The number of nitrogens with two attached hydrogens (primary N) is 1. The van der Waals surface area contributed by atoms with Crippen LogP contribution in [0.3, 0.4) is 0 Å². The fourth-order valence-electron chi connectivity index (χ4n) is 1.53. The predicted molar refractivity (Wildman–Crippen MR) is 67.6 cm³/mol. The maximum Gasteiger partial charge on any atom is 0.243 e. The third-order valence-electron chi connectivity index (χ3n) is 2.64. The van der Waals surface area contributed by atoms with Gasteiger partial charge in [-0.3, -0.25) is 4.79 Å². The molecule has 0 bridgehead atoms. The maximum absolute atomic E-state index is 11.7. The van der Waals surface area contributed by atoms with Crippen LogP contribution in [-0.4, -0.2) is 19.0 Å². The summed E-state index contributed by atoms with van der Waals surface area (Å²) in [6.45, 7) is 5.96. The van der Waals surface area contributed by atoms with E-state index in [1.54, 1.807) is 18.9 Å². The molecule has 88 valence electrons. The lowest BCUT2D eigenvalue weighted by Crippen LogP contribution is -2.39. The molecule has 0 radical (unpaired) electrons. The Morgan fingerprint density at radius 2 is 1.94 bits per heavy atom. The van der Waals surface area contributed by atoms with E-state index in [1.807, 2.05) is 18.2 Å². The van der Waals surface area contributed by atoms with Crippen molar-refractivity contribution in [1.29, 1.82) is 0 Å². The highest BCUT2D eigenvalue weighted by Crippen LogP contribution is 2.21. The van der Waals surface area contributed by atoms with Crippen molar-refractivity contribution in [3.05, 3.63) is 29.8 Å². The summed E-state index contributed by atoms with van der Waals surface area (Å²) in [4.78, 5) is 13.3. The SMILES string of the molecule is CC(C)c1cccc(N(C)C(=O)[C@H](C)N)c1. The van der Waals surface area contributed by atoms with E-state index in [9.17, 15) is 4.79 Å². The second-order valence-electron chi connectivity index (χ2n) is 4.44. The first kappa shape index (κ1) is 12.7. The van der Waals surface area contributed by atoms with E-state index < -0.39 is 6.04 Å². The van der Waals surface area contributed by atoms with Crippen molar-refractivity contribution in [2.45, 2.75) is 32.7 Å². The zero-order chi connectivity index (χ0) is 12.3. The van der Waals surface area contributed by atoms with Crippen LogP contribution in [-0.2, 0) is 4.79 Å². The smallest absolute Gasteiger partial charge is 0.243 e. The summed E-state index contributed by atoms with van der Waals surface area (Å²) >= 11 is 0. The standard InChI is InChI=1S/C13H20N2O/c1-9(2)11-6-5-7-12(8-11)15(4)13(16)10(3)14/h5-10H,14H2,1-4H3/t10-/m0/s1. The van der Waals surface area contributed by atoms with Crippen molar-refractivity contribution in [1.82, 2.24) is 0 Å². The number of benzene rings is 1. The number of likely N-dealkylation sites (N-methyl/N-ethyl adjacent to an activating group) is 1. The normalized spacial score (nSPS) is 12.6. The van der Waals surface area contributed by atoms with Crippen molar-refractivity contribution in [3.8, 4) is 0 Å². The second-order valence-corrected chi connectivity index (χ2v) is 4.44. The lowest BCUT2D eigenvalue weighted by Gasteiger charge is -2.20. The third-order valence-corrected chi connectivity index (χ3v) is 2.64. The summed E-state index contributed by atoms with van der Waals surface area (Å²) in [5, 5.41) is 0. The van der Waals surface area contributed by atoms with Crippen LogP contribution in [0.2, 0.25) is 0 Å². The van der Waals surface area contributed by atoms with Gasteiger partial charge in [0.25, 0.3) is 0 Å². The number of carbonyl (C=O) groups is 1. The molecule has 0 aromatic heterocycles. The quantitative estimate of drug-likeness (QED) is 0.848. The Hall–Kier alpha value is -1.35. The minimum Gasteiger partial charge on any atom is -0.320 e. The Morgan fingerprint density at radius 1 is 1.31 bits per heavy atom. The first-order valence-corrected chi connectivity index (χ1v) is 5.56. The number of hydrogen-bond acceptors (Lipinski definition) is 2. The molecule has 1 amide bonds. The first-order chi connectivity index (χ1) is 7.43. The Morgan fingerprint density at radius 3 is 2.44 bits per heavy atom. The summed E-state index contributed by atoms with van der Waals surface area (Å²) in [6, 6.07) is 7.53. The summed E-state index contributed by atoms with van der Waals surface area (Å²) in [6.07, 6.45) is 0. The zero-order valence-electron chi connectivity index (χ0n) is 10.4. The molecule has 3 heteroatoms. The molecule has 1 aromatic rings. The molecule has 0 aliphatic carbocycles. The first-order valence-electron chi connectivity index (χ1n) is 5.56. The van der Waals surface area contributed by atoms with Gasteiger partial charge in [0.15, 0.2) is 0 Å². The van der Waals surface area contributed by atoms with Crippen LogP contribution in [0.4, 0.5) is 5.69 Å². The van der Waals surface area contributed by atoms with E-state index in [4.69, 9.17) is 5.73 Å². The number of anilines is 1. The molecular formula is C13H20N2O. The average molecular weight is 220 g/mol. The largest absolute Gasteiger partial charge is 0.320 e. The number of hydrogen-bond donors (Lipinski definition) is 1. The van der Waals surface area contributed by atoms with Crippen LogP contribution in [0.5, 0.6) is 0 Å². The lowest BCUT2D eigenvalue weighted by molar-refractivity contribution is -0.119. The highest BCUT2D eigenvalue weighted by atomic mass is 16.2. The second kappa shape index (κ2) is 5.12. The molecule has 0 saturated heterocycles. The molecule has 3 nitrogen and oxygen atoms in total. The fourth-order valence-corrected chi connectivity index (χ4v) is 1.53. The van der Waals surface area contributed by atoms with Gasteiger partial charge in [0.1, 0.15) is 0 Å². The highest BCUT2D eigenvalue weighted by molar-refractivity contribution is 5.96. The molecular weight excluding hydrogens is 200 g/mol. The number of carbonyl (C=O) groups excluding carboxylic acids is 1. The molecule has 0 spiro atoms. The predicted octanol–water partition coefficient (Wildman–Crippen LogP) is 2.12. The number of nitrogens with zero attached hydrogens (tertiary/aromatic N) is 1. The molecule has 0 saturated carbocycles. The van der Waals surface area contributed by atoms with Crippen LogP contribution in [0.15, 0.2) is 24.3 Å². The molecule has 1 atom stereocenters. The van der Waals surface area contributed by atoms with Gasteiger partial charge in [-0.15, -0.1) is 0 Å². The van der Waals surface area contributed by atoms with E-state index in [2.05, 4.69) is 19.9 Å². The molecule has 0 fully saturated rings. The molecule has 2 N–H and O–H groups in total. The Labute approximate surface area is 97.2 Å². The summed E-state index contributed by atoms with van der Waals surface area (Å²) < 4.78 is 0. The minimum absolute atomic E-state index is 0.0686. The third kappa shape index (κ3) is 2.83. The van der Waals surface area contributed by atoms with Gasteiger partial charge < -0.3 is 10.6 Å². The van der Waals surface area contributed by atoms with Gasteiger partial charge in [-0.2, -0.15) is 0 Å². The van der Waals surface area contributed by atoms with Crippen molar-refractivity contribution in [3.63, 3.8) is 0 Å². The minimum atomic E-state index is -0.465. The van der Waals surface area contributed by atoms with Crippen LogP contribution in [0.1, 0.15) is 32.3 Å². The molecule has 0 unspecified atom stereocenters. The van der Waals surface area contributed by atoms with Crippen molar-refractivity contribution >= 4 is 11.6 Å². The van der Waals surface area contributed by atoms with E-state index in [0.29, 0.717) is 5.92 Å². The maximum atomic E-state index is 11.7. The van der Waals surface area contributed by atoms with E-state index >= 15 is 0 Å². The molecule has 0 heterocycles. The van der Waals surface area contributed by atoms with Gasteiger partial charge >= 0.3 is 0 Å². The van der Waals surface area contributed by atoms with E-state index in [0.717, 1.165) is 5.69 Å². The Kier molecular flexibility index (Phi) is 4.07. The van der Waals surface area contributed by atoms with Crippen LogP contribution >= 0.6 is 0 Å². The van der Waals surface area contributed by atoms with Gasteiger partial charge in [0, 0.05) is 12.7 Å². The molecule has 0 aliphatic heterocycles. The van der Waals surface area contributed by atoms with Crippen molar-refractivity contribution in [2.24, 2.45) is 5.73 Å². The van der Waals surface area contributed by atoms with Crippen LogP contribution in [0, 0.1) is 0 Å². The molecule has 16 heavy (non-hydrogen) atoms. The number of rotatable bonds is 3. The van der Waals surface area contributed by atoms with Crippen LogP contribution < -0.4 is 10.6 Å². The fraction of sp³-hybridized carbons (Fsp3) is 0.462. The van der Waals surface area contributed by atoms with Gasteiger partial charge in [-0.1, -0.05) is 26.0 Å². The summed E-state index contributed by atoms with van der Waals surface area (Å²) in [5.41, 5.74) is 7.70. The molecule has 1 aromatic carbocycles. The Balaban J connectivity index is 2.96. The zero-order valence-corrected chi connectivity index (χ0v) is 10.4. The monoisotopic (exact) mass is 220 g/mol. The van der Waals surface area contributed by atoms with Gasteiger partial charge in [-0.25, -0.2) is 0 Å². The molecule has 1 rings (SSSR count). The lowest BCUT2D eigenvalue weighted by atomic mass is 10.0. The summed E-state index contributed by atoms with van der Waals surface area (Å²) in [5.74, 6) is 0.389. The van der Waals surface area contributed by atoms with Gasteiger partial charge in [0.05, 0.1) is 6.04 Å². The van der Waals surface area contributed by atoms with Crippen LogP contribution in [0.25, 0.3) is 0 Å². The van der Waals surface area contributed by atoms with Gasteiger partial charge in [0.2, 0.25) is 5.91 Å². The van der Waals surface area contributed by atoms with E-state index in [1.165, 1.54) is 5.56 Å². The average Bonchev–Trinajstić information content (AvgIpc) is 2.27. The molecule has 0 aliphatic rings. The highest BCUT2D eigenvalue weighted by Gasteiger charge is 2.15. The van der Waals surface area contributed by atoms with Crippen molar-refractivity contribution < 1.29 is 4.79 Å². The topological polar surface area (TPSA) is 46.3 Å². The van der Waals surface area contributed by atoms with Gasteiger partial charge in [-0.05, 0) is 30.5 Å².